The molecule has 1 amide bonds. The van der Waals surface area contributed by atoms with Crippen molar-refractivity contribution in [3.63, 3.8) is 0 Å². The summed E-state index contributed by atoms with van der Waals surface area (Å²) in [6, 6.07) is 9.46. The molecular formula is C14H17N3O2. The number of para-hydroxylation sites is 1. The number of aromatic nitrogens is 2. The molecule has 19 heavy (non-hydrogen) atoms. The third kappa shape index (κ3) is 3.34. The average Bonchev–Trinajstić information content (AvgIpc) is 2.82. The van der Waals surface area contributed by atoms with Crippen LogP contribution < -0.4 is 10.1 Å². The van der Waals surface area contributed by atoms with E-state index in [-0.39, 0.29) is 12.5 Å². The van der Waals surface area contributed by atoms with Crippen LogP contribution in [0, 0.1) is 0 Å². The van der Waals surface area contributed by atoms with Crippen LogP contribution in [0.15, 0.2) is 36.5 Å². The third-order valence-electron chi connectivity index (χ3n) is 2.80. The summed E-state index contributed by atoms with van der Waals surface area (Å²) in [5.41, 5.74) is 1.09. The molecule has 0 unspecified atom stereocenters. The average molecular weight is 259 g/mol. The molecule has 0 aliphatic heterocycles. The molecule has 1 heterocycles. The van der Waals surface area contributed by atoms with Gasteiger partial charge in [0.2, 0.25) is 0 Å². The van der Waals surface area contributed by atoms with E-state index in [0.29, 0.717) is 5.82 Å². The number of aryl methyl sites for hydroxylation is 2. The van der Waals surface area contributed by atoms with Crippen molar-refractivity contribution in [2.75, 3.05) is 11.9 Å². The van der Waals surface area contributed by atoms with E-state index in [2.05, 4.69) is 17.3 Å². The van der Waals surface area contributed by atoms with Crippen LogP contribution in [0.2, 0.25) is 0 Å². The second-order valence-corrected chi connectivity index (χ2v) is 4.14. The lowest BCUT2D eigenvalue weighted by Crippen LogP contribution is -2.21. The van der Waals surface area contributed by atoms with Crippen molar-refractivity contribution < 1.29 is 9.53 Å². The van der Waals surface area contributed by atoms with Gasteiger partial charge in [0.25, 0.3) is 5.91 Å². The lowest BCUT2D eigenvalue weighted by atomic mass is 10.1. The second-order valence-electron chi connectivity index (χ2n) is 4.14. The predicted octanol–water partition coefficient (Wildman–Crippen LogP) is 2.00. The highest BCUT2D eigenvalue weighted by Crippen LogP contribution is 2.18. The molecule has 0 aliphatic carbocycles. The summed E-state index contributed by atoms with van der Waals surface area (Å²) in [6.07, 6.45) is 2.50. The molecule has 1 aromatic carbocycles. The monoisotopic (exact) mass is 259 g/mol. The molecule has 0 saturated carbocycles. The molecule has 0 fully saturated rings. The molecular weight excluding hydrogens is 242 g/mol. The van der Waals surface area contributed by atoms with Gasteiger partial charge in [0.05, 0.1) is 6.20 Å². The van der Waals surface area contributed by atoms with Crippen molar-refractivity contribution in [1.82, 2.24) is 9.78 Å². The SMILES string of the molecule is CCc1ccccc1OCC(=O)Nc1ccnn1C. The summed E-state index contributed by atoms with van der Waals surface area (Å²) < 4.78 is 7.13. The second kappa shape index (κ2) is 6.04. The van der Waals surface area contributed by atoms with Crippen LogP contribution in [-0.2, 0) is 18.3 Å². The Bertz CT molecular complexity index is 563. The molecule has 100 valence electrons. The highest BCUT2D eigenvalue weighted by Gasteiger charge is 2.07. The number of carbonyl (C=O) groups is 1. The van der Waals surface area contributed by atoms with Crippen LogP contribution in [0.4, 0.5) is 5.82 Å². The number of hydrogen-bond acceptors (Lipinski definition) is 3. The number of ether oxygens (including phenoxy) is 1. The normalized spacial score (nSPS) is 10.2. The van der Waals surface area contributed by atoms with Crippen molar-refractivity contribution in [3.8, 4) is 5.75 Å². The fraction of sp³-hybridized carbons (Fsp3) is 0.286. The minimum Gasteiger partial charge on any atom is -0.483 e. The number of anilines is 1. The quantitative estimate of drug-likeness (QED) is 0.893. The molecule has 2 rings (SSSR count). The van der Waals surface area contributed by atoms with E-state index in [1.807, 2.05) is 24.3 Å². The molecule has 0 aliphatic rings. The summed E-state index contributed by atoms with van der Waals surface area (Å²) in [6.45, 7) is 2.04. The molecule has 1 N–H and O–H groups in total. The number of benzene rings is 1. The van der Waals surface area contributed by atoms with Gasteiger partial charge in [-0.2, -0.15) is 5.10 Å². The first kappa shape index (κ1) is 13.1. The summed E-state index contributed by atoms with van der Waals surface area (Å²) in [4.78, 5) is 11.8. The van der Waals surface area contributed by atoms with Crippen LogP contribution in [0.5, 0.6) is 5.75 Å². The minimum absolute atomic E-state index is 0.0117. The van der Waals surface area contributed by atoms with Gasteiger partial charge in [0, 0.05) is 13.1 Å². The van der Waals surface area contributed by atoms with Gasteiger partial charge in [-0.1, -0.05) is 25.1 Å². The Hall–Kier alpha value is -2.30. The Morgan fingerprint density at radius 1 is 1.37 bits per heavy atom. The molecule has 0 atom stereocenters. The van der Waals surface area contributed by atoms with E-state index in [1.165, 1.54) is 0 Å². The zero-order chi connectivity index (χ0) is 13.7. The maximum atomic E-state index is 11.8. The molecule has 0 bridgehead atoms. The van der Waals surface area contributed by atoms with E-state index < -0.39 is 0 Å². The maximum absolute atomic E-state index is 11.8. The highest BCUT2D eigenvalue weighted by molar-refractivity contribution is 5.91. The van der Waals surface area contributed by atoms with Gasteiger partial charge in [0.1, 0.15) is 11.6 Å². The van der Waals surface area contributed by atoms with Crippen molar-refractivity contribution in [2.24, 2.45) is 7.05 Å². The Labute approximate surface area is 112 Å². The Morgan fingerprint density at radius 3 is 2.84 bits per heavy atom. The van der Waals surface area contributed by atoms with Crippen molar-refractivity contribution in [2.45, 2.75) is 13.3 Å². The van der Waals surface area contributed by atoms with Gasteiger partial charge in [-0.05, 0) is 18.1 Å². The fourth-order valence-corrected chi connectivity index (χ4v) is 1.76. The first-order chi connectivity index (χ1) is 9.20. The largest absolute Gasteiger partial charge is 0.483 e. The summed E-state index contributed by atoms with van der Waals surface area (Å²) >= 11 is 0. The number of nitrogens with zero attached hydrogens (tertiary/aromatic N) is 2. The maximum Gasteiger partial charge on any atom is 0.263 e. The predicted molar refractivity (Wildman–Crippen MR) is 73.2 cm³/mol. The number of amides is 1. The number of rotatable bonds is 5. The topological polar surface area (TPSA) is 56.1 Å². The molecule has 0 saturated heterocycles. The van der Waals surface area contributed by atoms with Gasteiger partial charge < -0.3 is 10.1 Å². The third-order valence-corrected chi connectivity index (χ3v) is 2.80. The Kier molecular flexibility index (Phi) is 4.18. The van der Waals surface area contributed by atoms with Gasteiger partial charge in [0.15, 0.2) is 6.61 Å². The van der Waals surface area contributed by atoms with Crippen molar-refractivity contribution in [1.29, 1.82) is 0 Å². The zero-order valence-electron chi connectivity index (χ0n) is 11.1. The van der Waals surface area contributed by atoms with Gasteiger partial charge in [-0.25, -0.2) is 0 Å². The highest BCUT2D eigenvalue weighted by atomic mass is 16.5. The Balaban J connectivity index is 1.92. The van der Waals surface area contributed by atoms with Crippen LogP contribution >= 0.6 is 0 Å². The molecule has 1 aromatic heterocycles. The molecule has 5 heteroatoms. The van der Waals surface area contributed by atoms with E-state index in [9.17, 15) is 4.79 Å². The standard InChI is InChI=1S/C14H17N3O2/c1-3-11-6-4-5-7-12(11)19-10-14(18)16-13-8-9-15-17(13)2/h4-9H,3,10H2,1-2H3,(H,16,18). The lowest BCUT2D eigenvalue weighted by molar-refractivity contribution is -0.118. The minimum atomic E-state index is -0.200. The van der Waals surface area contributed by atoms with Gasteiger partial charge in [-0.3, -0.25) is 9.48 Å². The van der Waals surface area contributed by atoms with E-state index >= 15 is 0 Å². The molecule has 5 nitrogen and oxygen atoms in total. The number of carbonyl (C=O) groups excluding carboxylic acids is 1. The van der Waals surface area contributed by atoms with Crippen LogP contribution in [-0.4, -0.2) is 22.3 Å². The van der Waals surface area contributed by atoms with Crippen LogP contribution in [0.25, 0.3) is 0 Å². The molecule has 0 radical (unpaired) electrons. The summed E-state index contributed by atoms with van der Waals surface area (Å²) in [5, 5.41) is 6.71. The smallest absolute Gasteiger partial charge is 0.263 e. The van der Waals surface area contributed by atoms with Crippen LogP contribution in [0.3, 0.4) is 0 Å². The van der Waals surface area contributed by atoms with E-state index in [0.717, 1.165) is 17.7 Å². The molecule has 2 aromatic rings. The van der Waals surface area contributed by atoms with Crippen molar-refractivity contribution in [3.05, 3.63) is 42.1 Å². The van der Waals surface area contributed by atoms with E-state index in [1.54, 1.807) is 24.0 Å². The Morgan fingerprint density at radius 2 is 2.16 bits per heavy atom. The summed E-state index contributed by atoms with van der Waals surface area (Å²) in [5.74, 6) is 1.21. The first-order valence-corrected chi connectivity index (χ1v) is 6.19. The van der Waals surface area contributed by atoms with Crippen molar-refractivity contribution >= 4 is 11.7 Å². The summed E-state index contributed by atoms with van der Waals surface area (Å²) in [7, 11) is 1.77. The lowest BCUT2D eigenvalue weighted by Gasteiger charge is -2.10. The zero-order valence-corrected chi connectivity index (χ0v) is 11.1. The van der Waals surface area contributed by atoms with E-state index in [4.69, 9.17) is 4.74 Å². The fourth-order valence-electron chi connectivity index (χ4n) is 1.76. The van der Waals surface area contributed by atoms with Crippen LogP contribution in [0.1, 0.15) is 12.5 Å². The number of nitrogens with one attached hydrogen (secondary N) is 1. The molecule has 0 spiro atoms. The first-order valence-electron chi connectivity index (χ1n) is 6.19. The number of hydrogen-bond donors (Lipinski definition) is 1. The van der Waals surface area contributed by atoms with Gasteiger partial charge >= 0.3 is 0 Å². The van der Waals surface area contributed by atoms with Gasteiger partial charge in [-0.15, -0.1) is 0 Å².